The van der Waals surface area contributed by atoms with Crippen LogP contribution < -0.4 is 5.32 Å². The Balaban J connectivity index is 1.81. The first-order valence-electron chi connectivity index (χ1n) is 7.72. The Kier molecular flexibility index (Phi) is 6.25. The molecule has 0 radical (unpaired) electrons. The normalized spacial score (nSPS) is 15.0. The third kappa shape index (κ3) is 5.41. The molecule has 0 spiro atoms. The van der Waals surface area contributed by atoms with E-state index in [-0.39, 0.29) is 17.9 Å². The van der Waals surface area contributed by atoms with Crippen molar-refractivity contribution >= 4 is 17.5 Å². The van der Waals surface area contributed by atoms with Crippen molar-refractivity contribution < 1.29 is 14.3 Å². The van der Waals surface area contributed by atoms with E-state index in [0.29, 0.717) is 23.6 Å². The van der Waals surface area contributed by atoms with Gasteiger partial charge in [-0.05, 0) is 43.2 Å². The number of furan rings is 1. The summed E-state index contributed by atoms with van der Waals surface area (Å²) >= 11 is 5.86. The van der Waals surface area contributed by atoms with E-state index in [1.54, 1.807) is 12.1 Å². The lowest BCUT2D eigenvalue weighted by molar-refractivity contribution is -0.125. The summed E-state index contributed by atoms with van der Waals surface area (Å²) in [4.78, 5) is 12.3. The summed E-state index contributed by atoms with van der Waals surface area (Å²) in [6.45, 7) is 3.76. The molecule has 0 bridgehead atoms. The molecule has 5 heteroatoms. The lowest BCUT2D eigenvalue weighted by Gasteiger charge is -2.19. The molecule has 0 saturated heterocycles. The second-order valence-electron chi connectivity index (χ2n) is 5.91. The first-order valence-corrected chi connectivity index (χ1v) is 8.09. The summed E-state index contributed by atoms with van der Waals surface area (Å²) < 4.78 is 5.16. The fourth-order valence-corrected chi connectivity index (χ4v) is 2.57. The number of halogens is 1. The molecule has 1 heterocycles. The van der Waals surface area contributed by atoms with Gasteiger partial charge in [0.15, 0.2) is 0 Å². The minimum Gasteiger partial charge on any atom is -0.467 e. The van der Waals surface area contributed by atoms with E-state index in [4.69, 9.17) is 16.0 Å². The molecule has 2 N–H and O–H groups in total. The minimum absolute atomic E-state index is 0.0286. The monoisotopic (exact) mass is 335 g/mol. The molecular formula is C18H22ClNO3. The Labute approximate surface area is 141 Å². The molecule has 2 rings (SSSR count). The van der Waals surface area contributed by atoms with Gasteiger partial charge in [0.1, 0.15) is 11.9 Å². The maximum Gasteiger partial charge on any atom is 0.223 e. The molecule has 3 unspecified atom stereocenters. The average Bonchev–Trinajstić information content (AvgIpc) is 3.03. The molecule has 1 amide bonds. The molecule has 3 atom stereocenters. The van der Waals surface area contributed by atoms with Crippen LogP contribution in [0.4, 0.5) is 0 Å². The largest absolute Gasteiger partial charge is 0.467 e. The van der Waals surface area contributed by atoms with Crippen molar-refractivity contribution in [3.63, 3.8) is 0 Å². The Morgan fingerprint density at radius 2 is 1.96 bits per heavy atom. The van der Waals surface area contributed by atoms with Crippen LogP contribution in [0, 0.1) is 5.92 Å². The summed E-state index contributed by atoms with van der Waals surface area (Å²) in [6.07, 6.45) is 1.87. The number of benzene rings is 1. The van der Waals surface area contributed by atoms with E-state index in [1.165, 1.54) is 6.26 Å². The number of aliphatic hydroxyl groups is 1. The SMILES string of the molecule is CC(CC(O)c1ccco1)NC(=O)C(C)Cc1ccc(Cl)cc1. The zero-order chi connectivity index (χ0) is 16.8. The fraction of sp³-hybridized carbons (Fsp3) is 0.389. The van der Waals surface area contributed by atoms with Crippen molar-refractivity contribution in [3.05, 3.63) is 59.0 Å². The number of carbonyl (C=O) groups is 1. The van der Waals surface area contributed by atoms with Gasteiger partial charge in [0, 0.05) is 23.4 Å². The van der Waals surface area contributed by atoms with Gasteiger partial charge in [0.2, 0.25) is 5.91 Å². The van der Waals surface area contributed by atoms with E-state index in [0.717, 1.165) is 5.56 Å². The number of amides is 1. The van der Waals surface area contributed by atoms with Crippen molar-refractivity contribution in [1.29, 1.82) is 0 Å². The molecule has 2 aromatic rings. The van der Waals surface area contributed by atoms with Gasteiger partial charge in [-0.1, -0.05) is 30.7 Å². The van der Waals surface area contributed by atoms with Crippen molar-refractivity contribution in [1.82, 2.24) is 5.32 Å². The Morgan fingerprint density at radius 3 is 2.57 bits per heavy atom. The molecule has 0 aliphatic heterocycles. The third-order valence-electron chi connectivity index (χ3n) is 3.74. The summed E-state index contributed by atoms with van der Waals surface area (Å²) in [7, 11) is 0. The Hall–Kier alpha value is -1.78. The van der Waals surface area contributed by atoms with Gasteiger partial charge in [-0.15, -0.1) is 0 Å². The van der Waals surface area contributed by atoms with E-state index in [1.807, 2.05) is 38.1 Å². The molecule has 124 valence electrons. The minimum atomic E-state index is -0.716. The number of nitrogens with one attached hydrogen (secondary N) is 1. The molecular weight excluding hydrogens is 314 g/mol. The Bertz CT molecular complexity index is 610. The van der Waals surface area contributed by atoms with Crippen LogP contribution in [0.1, 0.15) is 37.7 Å². The second kappa shape index (κ2) is 8.18. The molecule has 1 aromatic carbocycles. The standard InChI is InChI=1S/C18H22ClNO3/c1-12(10-14-5-7-15(19)8-6-14)18(22)20-13(2)11-16(21)17-4-3-9-23-17/h3-9,12-13,16,21H,10-11H2,1-2H3,(H,20,22). The number of aliphatic hydroxyl groups excluding tert-OH is 1. The molecule has 0 aliphatic rings. The summed E-state index contributed by atoms with van der Waals surface area (Å²) in [5.41, 5.74) is 1.07. The smallest absolute Gasteiger partial charge is 0.223 e. The van der Waals surface area contributed by atoms with Crippen LogP contribution in [0.3, 0.4) is 0 Å². The van der Waals surface area contributed by atoms with Gasteiger partial charge in [0.05, 0.1) is 6.26 Å². The van der Waals surface area contributed by atoms with E-state index in [2.05, 4.69) is 5.32 Å². The van der Waals surface area contributed by atoms with Crippen molar-refractivity contribution in [2.24, 2.45) is 5.92 Å². The van der Waals surface area contributed by atoms with Crippen molar-refractivity contribution in [2.45, 2.75) is 38.8 Å². The molecule has 0 saturated carbocycles. The lowest BCUT2D eigenvalue weighted by Crippen LogP contribution is -2.37. The first-order chi connectivity index (χ1) is 11.0. The highest BCUT2D eigenvalue weighted by Gasteiger charge is 2.19. The van der Waals surface area contributed by atoms with Gasteiger partial charge in [-0.2, -0.15) is 0 Å². The zero-order valence-electron chi connectivity index (χ0n) is 13.3. The predicted molar refractivity (Wildman–Crippen MR) is 90.2 cm³/mol. The van der Waals surface area contributed by atoms with Crippen LogP contribution in [0.15, 0.2) is 47.1 Å². The maximum atomic E-state index is 12.3. The van der Waals surface area contributed by atoms with Crippen LogP contribution in [0.25, 0.3) is 0 Å². The lowest BCUT2D eigenvalue weighted by atomic mass is 9.99. The highest BCUT2D eigenvalue weighted by Crippen LogP contribution is 2.19. The number of carbonyl (C=O) groups excluding carboxylic acids is 1. The Morgan fingerprint density at radius 1 is 1.26 bits per heavy atom. The van der Waals surface area contributed by atoms with Crippen LogP contribution in [0.2, 0.25) is 5.02 Å². The van der Waals surface area contributed by atoms with Crippen LogP contribution in [0.5, 0.6) is 0 Å². The summed E-state index contributed by atoms with van der Waals surface area (Å²) in [5, 5.41) is 13.7. The van der Waals surface area contributed by atoms with Gasteiger partial charge in [-0.25, -0.2) is 0 Å². The van der Waals surface area contributed by atoms with Gasteiger partial charge >= 0.3 is 0 Å². The van der Waals surface area contributed by atoms with E-state index < -0.39 is 6.10 Å². The van der Waals surface area contributed by atoms with Gasteiger partial charge in [0.25, 0.3) is 0 Å². The molecule has 0 fully saturated rings. The average molecular weight is 336 g/mol. The molecule has 23 heavy (non-hydrogen) atoms. The van der Waals surface area contributed by atoms with Crippen LogP contribution in [-0.4, -0.2) is 17.1 Å². The molecule has 4 nitrogen and oxygen atoms in total. The van der Waals surface area contributed by atoms with Crippen molar-refractivity contribution in [3.8, 4) is 0 Å². The first kappa shape index (κ1) is 17.6. The highest BCUT2D eigenvalue weighted by atomic mass is 35.5. The van der Waals surface area contributed by atoms with E-state index >= 15 is 0 Å². The van der Waals surface area contributed by atoms with Crippen LogP contribution in [-0.2, 0) is 11.2 Å². The topological polar surface area (TPSA) is 62.5 Å². The molecule has 0 aliphatic carbocycles. The van der Waals surface area contributed by atoms with Crippen LogP contribution >= 0.6 is 11.6 Å². The summed E-state index contributed by atoms with van der Waals surface area (Å²) in [5.74, 6) is 0.332. The second-order valence-corrected chi connectivity index (χ2v) is 6.34. The fourth-order valence-electron chi connectivity index (χ4n) is 2.44. The van der Waals surface area contributed by atoms with Gasteiger partial charge < -0.3 is 14.8 Å². The summed E-state index contributed by atoms with van der Waals surface area (Å²) in [6, 6.07) is 10.8. The van der Waals surface area contributed by atoms with E-state index in [9.17, 15) is 9.90 Å². The van der Waals surface area contributed by atoms with Gasteiger partial charge in [-0.3, -0.25) is 4.79 Å². The number of hydrogen-bond acceptors (Lipinski definition) is 3. The quantitative estimate of drug-likeness (QED) is 0.810. The highest BCUT2D eigenvalue weighted by molar-refractivity contribution is 6.30. The zero-order valence-corrected chi connectivity index (χ0v) is 14.1. The number of rotatable bonds is 7. The number of hydrogen-bond donors (Lipinski definition) is 2. The van der Waals surface area contributed by atoms with Crippen molar-refractivity contribution in [2.75, 3.05) is 0 Å². The predicted octanol–water partition coefficient (Wildman–Crippen LogP) is 3.74. The molecule has 1 aromatic heterocycles. The third-order valence-corrected chi connectivity index (χ3v) is 3.99. The maximum absolute atomic E-state index is 12.3.